The van der Waals surface area contributed by atoms with Crippen LogP contribution < -0.4 is 10.6 Å². The van der Waals surface area contributed by atoms with Gasteiger partial charge in [0, 0.05) is 12.6 Å². The second kappa shape index (κ2) is 4.98. The van der Waals surface area contributed by atoms with Gasteiger partial charge in [-0.3, -0.25) is 9.80 Å². The van der Waals surface area contributed by atoms with Crippen molar-refractivity contribution in [3.8, 4) is 5.75 Å². The number of hydrogen-bond donors (Lipinski definition) is 1. The third-order valence-electron chi connectivity index (χ3n) is 3.15. The number of benzene rings is 1. The monoisotopic (exact) mass is 250 g/mol. The van der Waals surface area contributed by atoms with Gasteiger partial charge in [-0.2, -0.15) is 0 Å². The lowest BCUT2D eigenvalue weighted by molar-refractivity contribution is -0.135. The molecular formula is C14H22N2O2. The lowest BCUT2D eigenvalue weighted by Gasteiger charge is -2.29. The van der Waals surface area contributed by atoms with E-state index in [4.69, 9.17) is 10.6 Å². The lowest BCUT2D eigenvalue weighted by atomic mass is 9.81. The summed E-state index contributed by atoms with van der Waals surface area (Å²) < 4.78 is 5.44. The average molecular weight is 250 g/mol. The van der Waals surface area contributed by atoms with Crippen LogP contribution >= 0.6 is 0 Å². The third-order valence-corrected chi connectivity index (χ3v) is 3.15. The lowest BCUT2D eigenvalue weighted by Crippen LogP contribution is -2.45. The van der Waals surface area contributed by atoms with E-state index in [0.717, 1.165) is 27.4 Å². The van der Waals surface area contributed by atoms with Gasteiger partial charge in [0.1, 0.15) is 5.75 Å². The Kier molecular flexibility index (Phi) is 4.02. The van der Waals surface area contributed by atoms with Crippen molar-refractivity contribution in [2.45, 2.75) is 33.1 Å². The van der Waals surface area contributed by atoms with E-state index in [1.165, 1.54) is 0 Å². The number of rotatable bonds is 3. The number of ether oxygens (including phenoxy) is 1. The highest BCUT2D eigenvalue weighted by molar-refractivity contribution is 5.87. The second-order valence-corrected chi connectivity index (χ2v) is 5.20. The van der Waals surface area contributed by atoms with E-state index in [2.05, 4.69) is 0 Å². The molecule has 0 aliphatic rings. The molecule has 0 saturated carbocycles. The number of hydrogen-bond acceptors (Lipinski definition) is 3. The quantitative estimate of drug-likeness (QED) is 0.506. The van der Waals surface area contributed by atoms with Gasteiger partial charge in [-0.1, -0.05) is 17.7 Å². The van der Waals surface area contributed by atoms with E-state index in [-0.39, 0.29) is 5.91 Å². The van der Waals surface area contributed by atoms with E-state index in [1.807, 2.05) is 39.8 Å². The van der Waals surface area contributed by atoms with Crippen LogP contribution in [0.3, 0.4) is 0 Å². The molecule has 0 atom stereocenters. The van der Waals surface area contributed by atoms with E-state index >= 15 is 0 Å². The van der Waals surface area contributed by atoms with Crippen LogP contribution in [-0.4, -0.2) is 25.1 Å². The minimum absolute atomic E-state index is 0.147. The molecule has 0 bridgehead atoms. The molecule has 100 valence electrons. The van der Waals surface area contributed by atoms with Crippen molar-refractivity contribution in [1.29, 1.82) is 0 Å². The first-order valence-electron chi connectivity index (χ1n) is 5.90. The van der Waals surface area contributed by atoms with Crippen LogP contribution in [0.25, 0.3) is 0 Å². The molecule has 18 heavy (non-hydrogen) atoms. The number of nitrogens with zero attached hydrogens (tertiary/aromatic N) is 1. The summed E-state index contributed by atoms with van der Waals surface area (Å²) in [5.74, 6) is 6.17. The zero-order chi connectivity index (χ0) is 14.1. The summed E-state index contributed by atoms with van der Waals surface area (Å²) in [6, 6.07) is 4.02. The third kappa shape index (κ3) is 2.48. The van der Waals surface area contributed by atoms with Crippen LogP contribution in [0.1, 0.15) is 30.5 Å². The van der Waals surface area contributed by atoms with Gasteiger partial charge in [0.15, 0.2) is 0 Å². The van der Waals surface area contributed by atoms with Crippen molar-refractivity contribution in [1.82, 2.24) is 5.01 Å². The Bertz CT molecular complexity index is 465. The van der Waals surface area contributed by atoms with Crippen LogP contribution in [-0.2, 0) is 10.2 Å². The predicted molar refractivity (Wildman–Crippen MR) is 72.5 cm³/mol. The molecule has 0 radical (unpaired) electrons. The molecule has 1 amide bonds. The Hall–Kier alpha value is -1.55. The van der Waals surface area contributed by atoms with Crippen LogP contribution in [0.5, 0.6) is 5.75 Å². The molecule has 0 aliphatic carbocycles. The average Bonchev–Trinajstić information content (AvgIpc) is 2.26. The first kappa shape index (κ1) is 14.5. The number of aryl methyl sites for hydroxylation is 2. The summed E-state index contributed by atoms with van der Waals surface area (Å²) in [7, 11) is 3.17. The summed E-state index contributed by atoms with van der Waals surface area (Å²) in [4.78, 5) is 12.2. The summed E-state index contributed by atoms with van der Waals surface area (Å²) in [6.45, 7) is 7.69. The first-order chi connectivity index (χ1) is 8.21. The smallest absolute Gasteiger partial charge is 0.246 e. The minimum atomic E-state index is -0.717. The summed E-state index contributed by atoms with van der Waals surface area (Å²) >= 11 is 0. The molecule has 0 aromatic heterocycles. The first-order valence-corrected chi connectivity index (χ1v) is 5.90. The van der Waals surface area contributed by atoms with E-state index < -0.39 is 5.41 Å². The van der Waals surface area contributed by atoms with Gasteiger partial charge >= 0.3 is 0 Å². The van der Waals surface area contributed by atoms with E-state index in [1.54, 1.807) is 14.2 Å². The van der Waals surface area contributed by atoms with Gasteiger partial charge in [-0.25, -0.2) is 5.84 Å². The summed E-state index contributed by atoms with van der Waals surface area (Å²) in [6.07, 6.45) is 0. The molecule has 0 aliphatic heterocycles. The van der Waals surface area contributed by atoms with Crippen molar-refractivity contribution in [2.75, 3.05) is 14.2 Å². The summed E-state index contributed by atoms with van der Waals surface area (Å²) in [5.41, 5.74) is 2.27. The fourth-order valence-corrected chi connectivity index (χ4v) is 2.25. The van der Waals surface area contributed by atoms with Crippen molar-refractivity contribution < 1.29 is 9.53 Å². The topological polar surface area (TPSA) is 55.6 Å². The molecule has 0 saturated heterocycles. The van der Waals surface area contributed by atoms with Crippen LogP contribution in [0.15, 0.2) is 12.1 Å². The molecule has 0 unspecified atom stereocenters. The highest BCUT2D eigenvalue weighted by Gasteiger charge is 2.34. The van der Waals surface area contributed by atoms with E-state index in [0.29, 0.717) is 0 Å². The van der Waals surface area contributed by atoms with Gasteiger partial charge in [0.05, 0.1) is 12.5 Å². The fourth-order valence-electron chi connectivity index (χ4n) is 2.25. The van der Waals surface area contributed by atoms with Crippen molar-refractivity contribution >= 4 is 5.91 Å². The SMILES string of the molecule is COc1c(C)cc(C)cc1C(C)(C)C(=O)N(C)N. The highest BCUT2D eigenvalue weighted by Crippen LogP contribution is 2.35. The number of hydrazine groups is 1. The van der Waals surface area contributed by atoms with Crippen LogP contribution in [0.2, 0.25) is 0 Å². The van der Waals surface area contributed by atoms with Crippen molar-refractivity contribution in [3.63, 3.8) is 0 Å². The Labute approximate surface area is 109 Å². The zero-order valence-corrected chi connectivity index (χ0v) is 12.0. The molecule has 0 spiro atoms. The second-order valence-electron chi connectivity index (χ2n) is 5.20. The zero-order valence-electron chi connectivity index (χ0n) is 12.0. The largest absolute Gasteiger partial charge is 0.496 e. The van der Waals surface area contributed by atoms with Gasteiger partial charge in [-0.15, -0.1) is 0 Å². The summed E-state index contributed by atoms with van der Waals surface area (Å²) in [5, 5.41) is 1.12. The molecule has 2 N–H and O–H groups in total. The standard InChI is InChI=1S/C14H22N2O2/c1-9-7-10(2)12(18-6)11(8-9)14(3,4)13(17)16(5)15/h7-8H,15H2,1-6H3. The van der Waals surface area contributed by atoms with Crippen LogP contribution in [0.4, 0.5) is 0 Å². The highest BCUT2D eigenvalue weighted by atomic mass is 16.5. The molecule has 4 nitrogen and oxygen atoms in total. The van der Waals surface area contributed by atoms with Gasteiger partial charge < -0.3 is 4.74 Å². The number of nitrogens with two attached hydrogens (primary N) is 1. The molecule has 1 aromatic rings. The fraction of sp³-hybridized carbons (Fsp3) is 0.500. The molecule has 1 rings (SSSR count). The maximum atomic E-state index is 12.2. The Morgan fingerprint density at radius 3 is 2.33 bits per heavy atom. The number of carbonyl (C=O) groups is 1. The number of amides is 1. The van der Waals surface area contributed by atoms with Gasteiger partial charge in [-0.05, 0) is 33.3 Å². The Balaban J connectivity index is 3.44. The van der Waals surface area contributed by atoms with Gasteiger partial charge in [0.2, 0.25) is 5.91 Å². The minimum Gasteiger partial charge on any atom is -0.496 e. The maximum absolute atomic E-state index is 12.2. The van der Waals surface area contributed by atoms with Crippen molar-refractivity contribution in [3.05, 3.63) is 28.8 Å². The molecule has 4 heteroatoms. The van der Waals surface area contributed by atoms with Gasteiger partial charge in [0.25, 0.3) is 0 Å². The maximum Gasteiger partial charge on any atom is 0.246 e. The number of carbonyl (C=O) groups excluding carboxylic acids is 1. The normalized spacial score (nSPS) is 11.3. The molecule has 0 heterocycles. The van der Waals surface area contributed by atoms with E-state index in [9.17, 15) is 4.79 Å². The number of likely N-dealkylation sites (N-methyl/N-ethyl adjacent to an activating group) is 1. The predicted octanol–water partition coefficient (Wildman–Crippen LogP) is 1.92. The van der Waals surface area contributed by atoms with Crippen molar-refractivity contribution in [2.24, 2.45) is 5.84 Å². The molecule has 0 fully saturated rings. The number of methoxy groups -OCH3 is 1. The Morgan fingerprint density at radius 2 is 1.89 bits per heavy atom. The molecule has 1 aromatic carbocycles. The molecular weight excluding hydrogens is 228 g/mol. The Morgan fingerprint density at radius 1 is 1.33 bits per heavy atom. The van der Waals surface area contributed by atoms with Crippen LogP contribution in [0, 0.1) is 13.8 Å².